The zero-order chi connectivity index (χ0) is 26.6. The number of halogens is 3. The number of imidazole rings is 1. The number of rotatable bonds is 5. The van der Waals surface area contributed by atoms with Crippen LogP contribution in [0, 0.1) is 5.82 Å². The predicted molar refractivity (Wildman–Crippen MR) is 138 cm³/mol. The summed E-state index contributed by atoms with van der Waals surface area (Å²) in [5.74, 6) is -2.93. The van der Waals surface area contributed by atoms with Gasteiger partial charge in [-0.25, -0.2) is 23.1 Å². The van der Waals surface area contributed by atoms with E-state index in [2.05, 4.69) is 40.1 Å². The number of aromatic amines is 2. The summed E-state index contributed by atoms with van der Waals surface area (Å²) in [5.41, 5.74) is 4.87. The first kappa shape index (κ1) is 23.4. The van der Waals surface area contributed by atoms with E-state index in [-0.39, 0.29) is 29.7 Å². The molecule has 39 heavy (non-hydrogen) atoms. The van der Waals surface area contributed by atoms with Crippen LogP contribution in [0.4, 0.5) is 13.2 Å². The lowest BCUT2D eigenvalue weighted by molar-refractivity contribution is 0.0115. The van der Waals surface area contributed by atoms with E-state index in [0.29, 0.717) is 46.7 Å². The Morgan fingerprint density at radius 1 is 0.949 bits per heavy atom. The molecule has 1 saturated heterocycles. The van der Waals surface area contributed by atoms with E-state index in [0.717, 1.165) is 11.1 Å². The monoisotopic (exact) mass is 527 g/mol. The molecule has 194 valence electrons. The number of fused-ring (bicyclic) bond motifs is 2. The first-order valence-electron chi connectivity index (χ1n) is 12.3. The summed E-state index contributed by atoms with van der Waals surface area (Å²) in [5, 5.41) is 7.38. The van der Waals surface area contributed by atoms with Gasteiger partial charge in [0.25, 0.3) is 5.92 Å². The molecule has 0 aromatic carbocycles. The van der Waals surface area contributed by atoms with Crippen molar-refractivity contribution in [1.29, 1.82) is 0 Å². The summed E-state index contributed by atoms with van der Waals surface area (Å²) < 4.78 is 43.3. The van der Waals surface area contributed by atoms with E-state index >= 15 is 4.39 Å². The summed E-state index contributed by atoms with van der Waals surface area (Å²) in [7, 11) is 0. The van der Waals surface area contributed by atoms with Crippen molar-refractivity contribution in [1.82, 2.24) is 45.0 Å². The second-order valence-corrected chi connectivity index (χ2v) is 9.56. The fraction of sp³-hybridized carbons (Fsp3) is 0.185. The van der Waals surface area contributed by atoms with E-state index in [1.807, 2.05) is 18.2 Å². The number of hydrogen-bond donors (Lipinski definition) is 2. The number of nitrogens with zero attached hydrogens (tertiary/aromatic N) is 7. The fourth-order valence-electron chi connectivity index (χ4n) is 5.05. The molecule has 1 aliphatic heterocycles. The molecule has 1 aliphatic rings. The molecule has 1 fully saturated rings. The van der Waals surface area contributed by atoms with Gasteiger partial charge in [0.05, 0.1) is 29.2 Å². The van der Waals surface area contributed by atoms with Crippen molar-refractivity contribution in [2.75, 3.05) is 13.1 Å². The minimum atomic E-state index is -2.69. The van der Waals surface area contributed by atoms with Crippen LogP contribution in [0.1, 0.15) is 12.0 Å². The third kappa shape index (κ3) is 4.18. The van der Waals surface area contributed by atoms with Gasteiger partial charge in [0.2, 0.25) is 0 Å². The Kier molecular flexibility index (Phi) is 5.37. The molecule has 6 aromatic heterocycles. The smallest absolute Gasteiger partial charge is 0.261 e. The molecule has 9 nitrogen and oxygen atoms in total. The Morgan fingerprint density at radius 3 is 2.64 bits per heavy atom. The molecular weight excluding hydrogens is 507 g/mol. The molecule has 2 N–H and O–H groups in total. The Labute approximate surface area is 219 Å². The normalized spacial score (nSPS) is 15.5. The SMILES string of the molecule is Fc1c(-c2cncc(CN3CCC(F)(F)C3)c2)ncc2[nH]nc(-c3nc4nccc(-c5ccncc5)c4[nH]3)c12. The third-order valence-corrected chi connectivity index (χ3v) is 6.88. The van der Waals surface area contributed by atoms with Crippen molar-refractivity contribution in [2.24, 2.45) is 0 Å². The molecule has 0 saturated carbocycles. The van der Waals surface area contributed by atoms with Crippen molar-refractivity contribution in [3.63, 3.8) is 0 Å². The van der Waals surface area contributed by atoms with Crippen LogP contribution in [0.2, 0.25) is 0 Å². The van der Waals surface area contributed by atoms with Crippen LogP contribution in [0.3, 0.4) is 0 Å². The Bertz CT molecular complexity index is 1830. The van der Waals surface area contributed by atoms with E-state index in [9.17, 15) is 8.78 Å². The van der Waals surface area contributed by atoms with Crippen LogP contribution in [0.25, 0.3) is 56.0 Å². The highest BCUT2D eigenvalue weighted by Crippen LogP contribution is 2.34. The molecular formula is C27H20F3N9. The van der Waals surface area contributed by atoms with Gasteiger partial charge in [-0.1, -0.05) is 0 Å². The average Bonchev–Trinajstić information content (AvgIpc) is 3.65. The highest BCUT2D eigenvalue weighted by atomic mass is 19.3. The molecule has 0 atom stereocenters. The zero-order valence-electron chi connectivity index (χ0n) is 20.4. The van der Waals surface area contributed by atoms with Crippen molar-refractivity contribution in [3.8, 4) is 33.9 Å². The standard InChI is InChI=1S/C27H20F3N9/c28-21-20-19(12-34-22(21)17-9-15(10-32-11-17)13-39-8-4-27(29,30)14-39)37-38-24(20)26-35-23-18(3-7-33-25(23)36-26)16-1-5-31-6-2-16/h1-3,5-7,9-12H,4,8,13-14H2,(H,37,38)(H,33,35,36). The van der Waals surface area contributed by atoms with Crippen LogP contribution >= 0.6 is 0 Å². The number of alkyl halides is 2. The summed E-state index contributed by atoms with van der Waals surface area (Å²) in [4.78, 5) is 26.5. The summed E-state index contributed by atoms with van der Waals surface area (Å²) in [6.45, 7) is 0.288. The lowest BCUT2D eigenvalue weighted by Crippen LogP contribution is -2.24. The number of likely N-dealkylation sites (tertiary alicyclic amines) is 1. The molecule has 7 heterocycles. The van der Waals surface area contributed by atoms with Gasteiger partial charge in [-0.05, 0) is 35.4 Å². The average molecular weight is 528 g/mol. The van der Waals surface area contributed by atoms with Gasteiger partial charge in [0.1, 0.15) is 11.4 Å². The third-order valence-electron chi connectivity index (χ3n) is 6.88. The molecule has 0 radical (unpaired) electrons. The van der Waals surface area contributed by atoms with Crippen LogP contribution < -0.4 is 0 Å². The van der Waals surface area contributed by atoms with Crippen molar-refractivity contribution in [3.05, 3.63) is 72.8 Å². The maximum Gasteiger partial charge on any atom is 0.261 e. The van der Waals surface area contributed by atoms with Crippen LogP contribution in [0.15, 0.2) is 61.4 Å². The maximum atomic E-state index is 16.0. The van der Waals surface area contributed by atoms with Gasteiger partial charge >= 0.3 is 0 Å². The zero-order valence-corrected chi connectivity index (χ0v) is 20.4. The number of aromatic nitrogens is 8. The molecule has 0 spiro atoms. The van der Waals surface area contributed by atoms with Gasteiger partial charge in [-0.15, -0.1) is 0 Å². The number of H-pyrrole nitrogens is 2. The molecule has 0 amide bonds. The lowest BCUT2D eigenvalue weighted by atomic mass is 10.1. The summed E-state index contributed by atoms with van der Waals surface area (Å²) in [6, 6.07) is 7.36. The molecule has 7 rings (SSSR count). The van der Waals surface area contributed by atoms with Crippen molar-refractivity contribution >= 4 is 22.1 Å². The molecule has 0 unspecified atom stereocenters. The molecule has 12 heteroatoms. The first-order valence-corrected chi connectivity index (χ1v) is 12.3. The second-order valence-electron chi connectivity index (χ2n) is 9.56. The Balaban J connectivity index is 1.28. The highest BCUT2D eigenvalue weighted by molar-refractivity contribution is 5.97. The minimum Gasteiger partial charge on any atom is -0.335 e. The Hall–Kier alpha value is -4.71. The summed E-state index contributed by atoms with van der Waals surface area (Å²) >= 11 is 0. The number of nitrogens with one attached hydrogen (secondary N) is 2. The van der Waals surface area contributed by atoms with Crippen LogP contribution in [-0.4, -0.2) is 64.0 Å². The maximum absolute atomic E-state index is 16.0. The fourth-order valence-corrected chi connectivity index (χ4v) is 5.05. The van der Waals surface area contributed by atoms with Gasteiger partial charge in [0, 0.05) is 61.6 Å². The quantitative estimate of drug-likeness (QED) is 0.325. The van der Waals surface area contributed by atoms with E-state index in [1.54, 1.807) is 35.8 Å². The number of hydrogen-bond acceptors (Lipinski definition) is 7. The van der Waals surface area contributed by atoms with Gasteiger partial charge in [-0.3, -0.25) is 25.0 Å². The first-order chi connectivity index (χ1) is 18.9. The second kappa shape index (κ2) is 8.95. The summed E-state index contributed by atoms with van der Waals surface area (Å²) in [6.07, 6.45) is 9.51. The molecule has 0 bridgehead atoms. The minimum absolute atomic E-state index is 0.0814. The molecule has 0 aliphatic carbocycles. The lowest BCUT2D eigenvalue weighted by Gasteiger charge is -2.15. The van der Waals surface area contributed by atoms with E-state index < -0.39 is 11.7 Å². The Morgan fingerprint density at radius 2 is 1.82 bits per heavy atom. The van der Waals surface area contributed by atoms with E-state index in [1.165, 1.54) is 12.4 Å². The van der Waals surface area contributed by atoms with Gasteiger partial charge < -0.3 is 4.98 Å². The topological polar surface area (TPSA) is 112 Å². The largest absolute Gasteiger partial charge is 0.335 e. The van der Waals surface area contributed by atoms with Gasteiger partial charge in [-0.2, -0.15) is 5.10 Å². The van der Waals surface area contributed by atoms with Crippen LogP contribution in [-0.2, 0) is 6.54 Å². The van der Waals surface area contributed by atoms with Crippen molar-refractivity contribution < 1.29 is 13.2 Å². The van der Waals surface area contributed by atoms with Crippen LogP contribution in [0.5, 0.6) is 0 Å². The van der Waals surface area contributed by atoms with E-state index in [4.69, 9.17) is 0 Å². The highest BCUT2D eigenvalue weighted by Gasteiger charge is 2.38. The molecule has 6 aromatic rings. The predicted octanol–water partition coefficient (Wildman–Crippen LogP) is 5.00. The number of pyridine rings is 4. The van der Waals surface area contributed by atoms with Crippen molar-refractivity contribution in [2.45, 2.75) is 18.9 Å². The van der Waals surface area contributed by atoms with Gasteiger partial charge in [0.15, 0.2) is 17.3 Å².